The zero-order valence-electron chi connectivity index (χ0n) is 39.7. The maximum absolute atomic E-state index is 13.9. The first-order chi connectivity index (χ1) is 32.8. The van der Waals surface area contributed by atoms with Gasteiger partial charge in [-0.3, -0.25) is 9.59 Å². The highest BCUT2D eigenvalue weighted by atomic mass is 16.5. The van der Waals surface area contributed by atoms with Crippen LogP contribution in [0.15, 0.2) is 59.4 Å². The number of carbonyl (C=O) groups is 4. The SMILES string of the molecule is COC(=O)NC(C(=O)N1CCCC1c1ncc(-c2ccc(-c3cc(-c4ccc5nc(C6CCCN6C(=O)C(NC(=O)OC)C(C)C)[nH]c5c4)cc4c3CC3(CCCC3)C4)c3cnoc23)[nH]1)C(C)C. The normalized spacial score (nSPS) is 19.6. The molecular weight excluding hydrogens is 863 g/mol. The highest BCUT2D eigenvalue weighted by Crippen LogP contribution is 2.53. The third-order valence-electron chi connectivity index (χ3n) is 15.1. The van der Waals surface area contributed by atoms with Gasteiger partial charge in [0.2, 0.25) is 11.8 Å². The van der Waals surface area contributed by atoms with E-state index in [0.717, 1.165) is 88.7 Å². The molecule has 356 valence electrons. The first kappa shape index (κ1) is 45.1. The summed E-state index contributed by atoms with van der Waals surface area (Å²) in [5, 5.41) is 10.7. The third-order valence-corrected chi connectivity index (χ3v) is 15.1. The molecule has 68 heavy (non-hydrogen) atoms. The number of nitrogens with one attached hydrogen (secondary N) is 4. The van der Waals surface area contributed by atoms with Crippen LogP contribution < -0.4 is 10.6 Å². The minimum Gasteiger partial charge on any atom is -0.453 e. The van der Waals surface area contributed by atoms with Crippen LogP contribution in [0.1, 0.15) is 114 Å². The molecule has 10 rings (SSSR count). The Morgan fingerprint density at radius 2 is 1.38 bits per heavy atom. The van der Waals surface area contributed by atoms with E-state index in [9.17, 15) is 19.2 Å². The second kappa shape index (κ2) is 18.1. The lowest BCUT2D eigenvalue weighted by molar-refractivity contribution is -0.136. The summed E-state index contributed by atoms with van der Waals surface area (Å²) in [6.07, 6.45) is 12.6. The van der Waals surface area contributed by atoms with Crippen LogP contribution >= 0.6 is 0 Å². The number of nitrogens with zero attached hydrogens (tertiary/aromatic N) is 5. The predicted molar refractivity (Wildman–Crippen MR) is 256 cm³/mol. The topological polar surface area (TPSA) is 201 Å². The number of alkyl carbamates (subject to hydrolysis) is 2. The van der Waals surface area contributed by atoms with Gasteiger partial charge in [0.15, 0.2) is 5.58 Å². The van der Waals surface area contributed by atoms with Crippen LogP contribution in [0.25, 0.3) is 55.5 Å². The molecule has 3 fully saturated rings. The molecule has 2 aliphatic heterocycles. The van der Waals surface area contributed by atoms with E-state index in [1.807, 2.05) is 43.7 Å². The Morgan fingerprint density at radius 3 is 2.03 bits per heavy atom. The smallest absolute Gasteiger partial charge is 0.407 e. The summed E-state index contributed by atoms with van der Waals surface area (Å²) in [7, 11) is 2.60. The molecular formula is C52H61N9O7. The van der Waals surface area contributed by atoms with Gasteiger partial charge < -0.3 is 44.4 Å². The minimum absolute atomic E-state index is 0.123. The summed E-state index contributed by atoms with van der Waals surface area (Å²) in [5.41, 5.74) is 11.4. The van der Waals surface area contributed by atoms with Gasteiger partial charge in [-0.2, -0.15) is 0 Å². The van der Waals surface area contributed by atoms with E-state index in [0.29, 0.717) is 24.5 Å². The van der Waals surface area contributed by atoms with Crippen molar-refractivity contribution in [2.45, 2.75) is 116 Å². The number of fused-ring (bicyclic) bond motifs is 3. The second-order valence-electron chi connectivity index (χ2n) is 20.1. The Kier molecular flexibility index (Phi) is 12.0. The zero-order chi connectivity index (χ0) is 47.4. The Hall–Kier alpha value is -6.71. The number of carbonyl (C=O) groups excluding carboxylic acids is 4. The molecule has 4 N–H and O–H groups in total. The van der Waals surface area contributed by atoms with Crippen molar-refractivity contribution in [2.75, 3.05) is 27.3 Å². The van der Waals surface area contributed by atoms with E-state index >= 15 is 0 Å². The number of methoxy groups -OCH3 is 2. The fourth-order valence-electron chi connectivity index (χ4n) is 11.6. The van der Waals surface area contributed by atoms with Gasteiger partial charge in [0, 0.05) is 18.7 Å². The molecule has 4 amide bonds. The quantitative estimate of drug-likeness (QED) is 0.0971. The van der Waals surface area contributed by atoms with Gasteiger partial charge in [0.05, 0.1) is 60.8 Å². The maximum atomic E-state index is 13.9. The Labute approximate surface area is 395 Å². The molecule has 3 aromatic heterocycles. The number of aromatic amines is 2. The van der Waals surface area contributed by atoms with Crippen molar-refractivity contribution < 1.29 is 33.2 Å². The predicted octanol–water partition coefficient (Wildman–Crippen LogP) is 9.18. The number of amides is 4. The Bertz CT molecular complexity index is 2910. The molecule has 5 heterocycles. The van der Waals surface area contributed by atoms with Crippen LogP contribution in [0.3, 0.4) is 0 Å². The van der Waals surface area contributed by atoms with Crippen molar-refractivity contribution in [3.63, 3.8) is 0 Å². The molecule has 3 aromatic carbocycles. The van der Waals surface area contributed by atoms with Crippen LogP contribution in [0.4, 0.5) is 9.59 Å². The second-order valence-corrected chi connectivity index (χ2v) is 20.1. The van der Waals surface area contributed by atoms with E-state index in [4.69, 9.17) is 24.0 Å². The van der Waals surface area contributed by atoms with Crippen LogP contribution in [-0.2, 0) is 31.9 Å². The standard InChI is InChI=1S/C52H61N9O7/c1-28(2)43(58-50(64)66-5)48(62)60-19-9-11-41(60)46-53-27-40(57-46)34-15-14-33(37-26-54-68-45(34)37)35-22-31(21-32-24-52(25-36(32)35)17-7-8-18-52)30-13-16-38-39(23-30)56-47(55-38)42-12-10-20-61(42)49(63)44(29(3)4)59-51(65)67-6/h13-16,21-23,26-29,41-44H,7-12,17-20,24-25H2,1-6H3,(H,53,57)(H,55,56)(H,58,64)(H,59,65). The Balaban J connectivity index is 0.969. The highest BCUT2D eigenvalue weighted by Gasteiger charge is 2.42. The van der Waals surface area contributed by atoms with E-state index in [2.05, 4.69) is 68.2 Å². The molecule has 2 aliphatic carbocycles. The lowest BCUT2D eigenvalue weighted by atomic mass is 9.83. The molecule has 6 aromatic rings. The third kappa shape index (κ3) is 8.14. The number of imidazole rings is 2. The van der Waals surface area contributed by atoms with Crippen LogP contribution in [-0.4, -0.2) is 98.3 Å². The fourth-order valence-corrected chi connectivity index (χ4v) is 11.6. The van der Waals surface area contributed by atoms with Gasteiger partial charge in [-0.05, 0) is 126 Å². The van der Waals surface area contributed by atoms with Crippen molar-refractivity contribution in [3.8, 4) is 33.5 Å². The monoisotopic (exact) mass is 923 g/mol. The summed E-state index contributed by atoms with van der Waals surface area (Å²) in [6, 6.07) is 13.4. The number of hydrogen-bond acceptors (Lipinski definition) is 10. The number of aromatic nitrogens is 5. The number of likely N-dealkylation sites (tertiary alicyclic amines) is 2. The van der Waals surface area contributed by atoms with Crippen molar-refractivity contribution in [3.05, 3.63) is 77.6 Å². The zero-order valence-corrected chi connectivity index (χ0v) is 39.7. The number of hydrogen-bond donors (Lipinski definition) is 4. The van der Waals surface area contributed by atoms with E-state index in [1.165, 1.54) is 56.6 Å². The number of rotatable bonds is 11. The average Bonchev–Trinajstić information content (AvgIpc) is 4.19. The molecule has 1 saturated carbocycles. The van der Waals surface area contributed by atoms with Gasteiger partial charge in [0.1, 0.15) is 23.7 Å². The minimum atomic E-state index is -0.724. The van der Waals surface area contributed by atoms with Crippen LogP contribution in [0.5, 0.6) is 0 Å². The lowest BCUT2D eigenvalue weighted by Gasteiger charge is -2.30. The van der Waals surface area contributed by atoms with Gasteiger partial charge in [-0.25, -0.2) is 19.6 Å². The van der Waals surface area contributed by atoms with Gasteiger partial charge in [0.25, 0.3) is 0 Å². The van der Waals surface area contributed by atoms with E-state index in [-0.39, 0.29) is 41.1 Å². The summed E-state index contributed by atoms with van der Waals surface area (Å²) in [4.78, 5) is 72.7. The molecule has 4 atom stereocenters. The van der Waals surface area contributed by atoms with Crippen LogP contribution in [0.2, 0.25) is 0 Å². The molecule has 0 bridgehead atoms. The van der Waals surface area contributed by atoms with Crippen LogP contribution in [0, 0.1) is 17.3 Å². The summed E-state index contributed by atoms with van der Waals surface area (Å²) < 4.78 is 15.7. The first-order valence-corrected chi connectivity index (χ1v) is 24.2. The maximum Gasteiger partial charge on any atom is 0.407 e. The van der Waals surface area contributed by atoms with Crippen molar-refractivity contribution in [1.82, 2.24) is 45.5 Å². The van der Waals surface area contributed by atoms with Crippen molar-refractivity contribution in [2.24, 2.45) is 17.3 Å². The summed E-state index contributed by atoms with van der Waals surface area (Å²) in [5.74, 6) is 0.861. The largest absolute Gasteiger partial charge is 0.453 e. The van der Waals surface area contributed by atoms with Crippen molar-refractivity contribution >= 4 is 46.0 Å². The molecule has 4 unspecified atom stereocenters. The number of benzene rings is 3. The fraction of sp³-hybridized carbons (Fsp3) is 0.481. The molecule has 16 heteroatoms. The molecule has 1 spiro atoms. The first-order valence-electron chi connectivity index (χ1n) is 24.2. The summed E-state index contributed by atoms with van der Waals surface area (Å²) >= 11 is 0. The molecule has 0 radical (unpaired) electrons. The average molecular weight is 924 g/mol. The molecule has 16 nitrogen and oxygen atoms in total. The highest BCUT2D eigenvalue weighted by molar-refractivity contribution is 6.02. The van der Waals surface area contributed by atoms with E-state index in [1.54, 1.807) is 6.20 Å². The molecule has 4 aliphatic rings. The number of ether oxygens (including phenoxy) is 2. The van der Waals surface area contributed by atoms with Gasteiger partial charge in [-0.1, -0.05) is 63.9 Å². The van der Waals surface area contributed by atoms with E-state index < -0.39 is 24.3 Å². The molecule has 2 saturated heterocycles. The van der Waals surface area contributed by atoms with Gasteiger partial charge in [-0.15, -0.1) is 0 Å². The lowest BCUT2D eigenvalue weighted by Crippen LogP contribution is -2.51. The summed E-state index contributed by atoms with van der Waals surface area (Å²) in [6.45, 7) is 8.79. The Morgan fingerprint density at radius 1 is 0.735 bits per heavy atom. The van der Waals surface area contributed by atoms with Gasteiger partial charge >= 0.3 is 12.2 Å². The number of H-pyrrole nitrogens is 2. The van der Waals surface area contributed by atoms with Crippen molar-refractivity contribution in [1.29, 1.82) is 0 Å².